The van der Waals surface area contributed by atoms with Gasteiger partial charge in [-0.1, -0.05) is 0 Å². The molecule has 3 heteroatoms. The Balaban J connectivity index is 2.32. The van der Waals surface area contributed by atoms with Crippen molar-refractivity contribution in [2.24, 2.45) is 0 Å². The monoisotopic (exact) mass is 70.0 g/mol. The van der Waals surface area contributed by atoms with Crippen LogP contribution in [0.25, 0.3) is 0 Å². The average Bonchev–Trinajstić information content (AvgIpc) is 0.811. The van der Waals surface area contributed by atoms with Crippen molar-refractivity contribution in [3.63, 3.8) is 0 Å². The Morgan fingerprint density at radius 3 is 1.50 bits per heavy atom. The van der Waals surface area contributed by atoms with E-state index in [0.29, 0.717) is 27.9 Å². The Hall–Kier alpha value is 0.920. The van der Waals surface area contributed by atoms with Gasteiger partial charge in [0.2, 0.25) is 0 Å². The summed E-state index contributed by atoms with van der Waals surface area (Å²) in [5.41, 5.74) is 0. The summed E-state index contributed by atoms with van der Waals surface area (Å²) in [6, 6.07) is 0. The quantitative estimate of drug-likeness (QED) is 0.267. The predicted molar refractivity (Wildman–Crippen MR) is 14.0 cm³/mol. The molecule has 0 spiro atoms. The first kappa shape index (κ1) is 4.92. The molecular weight excluding hydrogens is 67.0 g/mol. The van der Waals surface area contributed by atoms with Gasteiger partial charge in [0.05, 0.1) is 0 Å². The van der Waals surface area contributed by atoms with Crippen molar-refractivity contribution < 1.29 is 10.2 Å². The molecule has 0 rings (SSSR count). The normalized spacial score (nSPS) is 9.25. The van der Waals surface area contributed by atoms with Crippen LogP contribution in [0.2, 0.25) is 0 Å². The van der Waals surface area contributed by atoms with Gasteiger partial charge in [0, 0.05) is 0 Å². The molecule has 0 unspecified atom stereocenters. The molecule has 0 bridgehead atoms. The molecule has 0 aliphatic rings. The third-order valence-corrected chi connectivity index (χ3v) is 0. The second kappa shape index (κ2) is 2.18. The van der Waals surface area contributed by atoms with Crippen LogP contribution in [-0.2, 0) is 0 Å². The topological polar surface area (TPSA) is 40.5 Å². The van der Waals surface area contributed by atoms with Crippen LogP contribution in [-0.4, -0.2) is 41.7 Å². The van der Waals surface area contributed by atoms with Crippen LogP contribution in [0.3, 0.4) is 0 Å². The van der Waals surface area contributed by atoms with Crippen molar-refractivity contribution >= 4 is 27.9 Å². The second-order valence-electron chi connectivity index (χ2n) is 0.632. The Morgan fingerprint density at radius 2 is 1.50 bits per heavy atom. The van der Waals surface area contributed by atoms with Gasteiger partial charge in [-0.25, -0.2) is 0 Å². The molecule has 4 heavy (non-hydrogen) atoms. The maximum absolute atomic E-state index is 7.67. The summed E-state index contributed by atoms with van der Waals surface area (Å²) in [6.07, 6.45) is 0. The molecule has 0 fully saturated rings. The van der Waals surface area contributed by atoms with Gasteiger partial charge in [-0.15, -0.1) is 0 Å². The first-order valence-corrected chi connectivity index (χ1v) is 2.25. The molecule has 0 saturated heterocycles. The average molecular weight is 70.0 g/mol. The molecular formula is CH3NaO2. The van der Waals surface area contributed by atoms with E-state index < -0.39 is 3.54 Å². The van der Waals surface area contributed by atoms with E-state index >= 15 is 0 Å². The summed E-state index contributed by atoms with van der Waals surface area (Å²) >= 11 is 0.460. The van der Waals surface area contributed by atoms with E-state index in [1.54, 1.807) is 0 Å². The van der Waals surface area contributed by atoms with Crippen molar-refractivity contribution in [1.82, 2.24) is 0 Å². The number of hydrogen-bond acceptors (Lipinski definition) is 2. The molecule has 20 valence electrons. The molecule has 0 aromatic carbocycles. The van der Waals surface area contributed by atoms with Crippen LogP contribution in [0.5, 0.6) is 0 Å². The number of aliphatic hydroxyl groups is 2. The zero-order valence-corrected chi connectivity index (χ0v) is 4.47. The minimum absolute atomic E-state index is 0.460. The number of rotatable bonds is 0. The van der Waals surface area contributed by atoms with Crippen LogP contribution >= 0.6 is 0 Å². The maximum atomic E-state index is 7.67. The summed E-state index contributed by atoms with van der Waals surface area (Å²) in [6.45, 7) is 0. The van der Waals surface area contributed by atoms with E-state index in [0.717, 1.165) is 0 Å². The Labute approximate surface area is 41.9 Å². The minimum atomic E-state index is -1.03. The molecule has 2 nitrogen and oxygen atoms in total. The molecule has 0 aliphatic heterocycles. The van der Waals surface area contributed by atoms with E-state index in [9.17, 15) is 0 Å². The van der Waals surface area contributed by atoms with Crippen molar-refractivity contribution in [3.05, 3.63) is 0 Å². The Morgan fingerprint density at radius 1 is 1.50 bits per heavy atom. The van der Waals surface area contributed by atoms with Crippen LogP contribution in [0, 0.1) is 0 Å². The predicted octanol–water partition coefficient (Wildman–Crippen LogP) is -1.58. The fourth-order valence-corrected chi connectivity index (χ4v) is 0. The van der Waals surface area contributed by atoms with Crippen LogP contribution in [0.15, 0.2) is 0 Å². The third kappa shape index (κ3) is 12.7. The molecule has 0 radical (unpaired) electrons. The standard InChI is InChI=1S/CH3O2.Na/c2-1-3;/h1-3H;. The first-order chi connectivity index (χ1) is 1.73. The van der Waals surface area contributed by atoms with E-state index in [2.05, 4.69) is 0 Å². The summed E-state index contributed by atoms with van der Waals surface area (Å²) < 4.78 is -1.03. The van der Waals surface area contributed by atoms with Gasteiger partial charge in [-0.05, 0) is 0 Å². The third-order valence-electron chi connectivity index (χ3n) is 0. The van der Waals surface area contributed by atoms with E-state index in [1.807, 2.05) is 0 Å². The van der Waals surface area contributed by atoms with E-state index in [1.165, 1.54) is 0 Å². The van der Waals surface area contributed by atoms with Gasteiger partial charge in [0.1, 0.15) is 0 Å². The van der Waals surface area contributed by atoms with Crippen molar-refractivity contribution in [3.8, 4) is 0 Å². The van der Waals surface area contributed by atoms with E-state index in [-0.39, 0.29) is 0 Å². The second-order valence-corrected chi connectivity index (χ2v) is 1.66. The molecule has 0 aliphatic carbocycles. The van der Waals surface area contributed by atoms with Crippen molar-refractivity contribution in [2.75, 3.05) is 0 Å². The first-order valence-electron chi connectivity index (χ1n) is 1.09. The molecule has 2 N–H and O–H groups in total. The van der Waals surface area contributed by atoms with Gasteiger partial charge < -0.3 is 0 Å². The van der Waals surface area contributed by atoms with Crippen LogP contribution in [0.4, 0.5) is 0 Å². The fraction of sp³-hybridized carbons (Fsp3) is 1.00. The summed E-state index contributed by atoms with van der Waals surface area (Å²) in [5, 5.41) is 15.3. The summed E-state index contributed by atoms with van der Waals surface area (Å²) in [4.78, 5) is 0. The Bertz CT molecular complexity index is 10.8. The van der Waals surface area contributed by atoms with E-state index in [4.69, 9.17) is 10.2 Å². The zero-order valence-electron chi connectivity index (χ0n) is 2.47. The Kier molecular flexibility index (Phi) is 2.68. The molecule has 0 amide bonds. The van der Waals surface area contributed by atoms with Crippen LogP contribution < -0.4 is 0 Å². The zero-order chi connectivity index (χ0) is 3.58. The summed E-state index contributed by atoms with van der Waals surface area (Å²) in [5.74, 6) is 0. The van der Waals surface area contributed by atoms with Crippen LogP contribution in [0.1, 0.15) is 0 Å². The molecule has 0 aromatic heterocycles. The van der Waals surface area contributed by atoms with Gasteiger partial charge in [0.15, 0.2) is 0 Å². The number of hydrogen-bond donors (Lipinski definition) is 2. The molecule has 0 heterocycles. The SMILES string of the molecule is O[CH](O)[Na]. The van der Waals surface area contributed by atoms with Crippen molar-refractivity contribution in [1.29, 1.82) is 0 Å². The van der Waals surface area contributed by atoms with Gasteiger partial charge in [-0.3, -0.25) is 0 Å². The summed E-state index contributed by atoms with van der Waals surface area (Å²) in [7, 11) is 0. The van der Waals surface area contributed by atoms with Gasteiger partial charge in [-0.2, -0.15) is 0 Å². The fourth-order valence-electron chi connectivity index (χ4n) is 0. The molecule has 0 saturated carbocycles. The molecule has 0 aromatic rings. The van der Waals surface area contributed by atoms with Crippen molar-refractivity contribution in [2.45, 2.75) is 3.54 Å². The van der Waals surface area contributed by atoms with Gasteiger partial charge >= 0.3 is 41.7 Å². The van der Waals surface area contributed by atoms with Gasteiger partial charge in [0.25, 0.3) is 0 Å². The number of aliphatic hydroxyl groups excluding tert-OH is 1. The molecule has 0 atom stereocenters.